The summed E-state index contributed by atoms with van der Waals surface area (Å²) in [5, 5.41) is 0.803. The fraction of sp³-hybridized carbons (Fsp3) is 0.529. The van der Waals surface area contributed by atoms with Crippen LogP contribution in [0.25, 0.3) is 0 Å². The van der Waals surface area contributed by atoms with Crippen molar-refractivity contribution in [3.63, 3.8) is 0 Å². The number of rotatable bonds is 4. The lowest BCUT2D eigenvalue weighted by atomic mass is 9.80. The number of thioether (sulfide) groups is 1. The lowest BCUT2D eigenvalue weighted by Crippen LogP contribution is -2.40. The highest BCUT2D eigenvalue weighted by atomic mass is 35.5. The van der Waals surface area contributed by atoms with Crippen LogP contribution in [0, 0.1) is 23.7 Å². The van der Waals surface area contributed by atoms with Crippen LogP contribution in [0.1, 0.15) is 13.3 Å². The summed E-state index contributed by atoms with van der Waals surface area (Å²) in [5.74, 6) is -0.821. The van der Waals surface area contributed by atoms with E-state index in [1.807, 2.05) is 24.3 Å². The lowest BCUT2D eigenvalue weighted by molar-refractivity contribution is -0.155. The van der Waals surface area contributed by atoms with Gasteiger partial charge in [0, 0.05) is 15.8 Å². The maximum absolute atomic E-state index is 12.4. The summed E-state index contributed by atoms with van der Waals surface area (Å²) in [6.45, 7) is 2.13. The SMILES string of the molecule is CCOC(=O)[C@@H]1[C@H]2C[C@H]3[C@H](OC(=O)[C@@H]31)[C@H]2Sc1ccc(Cl)cc1. The first-order valence-corrected chi connectivity index (χ1v) is 9.15. The number of benzene rings is 1. The largest absolute Gasteiger partial charge is 0.466 e. The molecule has 1 aromatic rings. The van der Waals surface area contributed by atoms with Gasteiger partial charge in [-0.15, -0.1) is 11.8 Å². The minimum Gasteiger partial charge on any atom is -0.466 e. The number of halogens is 1. The van der Waals surface area contributed by atoms with Gasteiger partial charge < -0.3 is 9.47 Å². The Labute approximate surface area is 143 Å². The first-order chi connectivity index (χ1) is 11.1. The van der Waals surface area contributed by atoms with Crippen LogP contribution in [0.2, 0.25) is 5.02 Å². The summed E-state index contributed by atoms with van der Waals surface area (Å²) in [5.41, 5.74) is 0. The van der Waals surface area contributed by atoms with Crippen molar-refractivity contribution in [1.82, 2.24) is 0 Å². The molecule has 122 valence electrons. The van der Waals surface area contributed by atoms with Crippen LogP contribution in [-0.4, -0.2) is 29.9 Å². The highest BCUT2D eigenvalue weighted by Gasteiger charge is 2.68. The van der Waals surface area contributed by atoms with E-state index in [4.69, 9.17) is 21.1 Å². The van der Waals surface area contributed by atoms with Gasteiger partial charge in [-0.2, -0.15) is 0 Å². The van der Waals surface area contributed by atoms with Crippen molar-refractivity contribution in [3.05, 3.63) is 29.3 Å². The van der Waals surface area contributed by atoms with Crippen molar-refractivity contribution in [3.8, 4) is 0 Å². The van der Waals surface area contributed by atoms with E-state index < -0.39 is 0 Å². The molecule has 23 heavy (non-hydrogen) atoms. The predicted octanol–water partition coefficient (Wildman–Crippen LogP) is 3.17. The lowest BCUT2D eigenvalue weighted by Gasteiger charge is -2.30. The fourth-order valence-electron chi connectivity index (χ4n) is 4.38. The molecule has 0 aromatic heterocycles. The molecule has 4 rings (SSSR count). The second-order valence-electron chi connectivity index (χ2n) is 6.30. The highest BCUT2D eigenvalue weighted by Crippen LogP contribution is 2.61. The third-order valence-electron chi connectivity index (χ3n) is 5.19. The molecule has 3 fully saturated rings. The number of ether oxygens (including phenoxy) is 2. The summed E-state index contributed by atoms with van der Waals surface area (Å²) in [6, 6.07) is 7.63. The number of esters is 2. The number of hydrogen-bond acceptors (Lipinski definition) is 5. The smallest absolute Gasteiger partial charge is 0.310 e. The van der Waals surface area contributed by atoms with Crippen molar-refractivity contribution in [1.29, 1.82) is 0 Å². The van der Waals surface area contributed by atoms with Crippen LogP contribution < -0.4 is 0 Å². The van der Waals surface area contributed by atoms with Gasteiger partial charge in [-0.3, -0.25) is 9.59 Å². The summed E-state index contributed by atoms with van der Waals surface area (Å²) >= 11 is 7.61. The quantitative estimate of drug-likeness (QED) is 0.779. The molecule has 0 spiro atoms. The zero-order valence-corrected chi connectivity index (χ0v) is 14.2. The monoisotopic (exact) mass is 352 g/mol. The molecule has 1 heterocycles. The summed E-state index contributed by atoms with van der Waals surface area (Å²) in [7, 11) is 0. The van der Waals surface area contributed by atoms with Crippen molar-refractivity contribution >= 4 is 35.3 Å². The molecular formula is C17H17ClO4S. The van der Waals surface area contributed by atoms with Gasteiger partial charge in [-0.1, -0.05) is 11.6 Å². The second kappa shape index (κ2) is 5.71. The van der Waals surface area contributed by atoms with Crippen molar-refractivity contribution in [2.45, 2.75) is 29.6 Å². The Bertz CT molecular complexity index is 646. The van der Waals surface area contributed by atoms with Gasteiger partial charge in [-0.25, -0.2) is 0 Å². The van der Waals surface area contributed by atoms with Gasteiger partial charge in [0.15, 0.2) is 0 Å². The Hall–Kier alpha value is -1.20. The molecule has 4 nitrogen and oxygen atoms in total. The Morgan fingerprint density at radius 2 is 2.09 bits per heavy atom. The molecule has 2 bridgehead atoms. The van der Waals surface area contributed by atoms with Crippen LogP contribution in [-0.2, 0) is 19.1 Å². The molecule has 2 saturated carbocycles. The van der Waals surface area contributed by atoms with Gasteiger partial charge in [-0.05, 0) is 43.5 Å². The number of hydrogen-bond donors (Lipinski definition) is 0. The van der Waals surface area contributed by atoms with Gasteiger partial charge >= 0.3 is 11.9 Å². The highest BCUT2D eigenvalue weighted by molar-refractivity contribution is 8.00. The minimum atomic E-state index is -0.351. The number of fused-ring (bicyclic) bond motifs is 1. The van der Waals surface area contributed by atoms with Gasteiger partial charge in [0.2, 0.25) is 0 Å². The molecule has 3 aliphatic rings. The molecule has 2 aliphatic carbocycles. The zero-order valence-electron chi connectivity index (χ0n) is 12.6. The van der Waals surface area contributed by atoms with Crippen LogP contribution in [0.5, 0.6) is 0 Å². The second-order valence-corrected chi connectivity index (χ2v) is 7.99. The van der Waals surface area contributed by atoms with Gasteiger partial charge in [0.25, 0.3) is 0 Å². The van der Waals surface area contributed by atoms with Gasteiger partial charge in [0.1, 0.15) is 6.10 Å². The van der Waals surface area contributed by atoms with Crippen molar-refractivity contribution in [2.24, 2.45) is 23.7 Å². The Kier molecular flexibility index (Phi) is 3.81. The third-order valence-corrected chi connectivity index (χ3v) is 6.88. The molecule has 1 saturated heterocycles. The standard InChI is InChI=1S/C17H17ClO4S/c1-2-21-16(19)13-11-7-10-12(13)17(20)22-14(10)15(11)23-9-5-3-8(18)4-6-9/h3-6,10-15H,2,7H2,1H3/t10-,11-,12+,13-,14+,15+/m1/s1. The van der Waals surface area contributed by atoms with Crippen LogP contribution in [0.15, 0.2) is 29.2 Å². The third kappa shape index (κ3) is 2.36. The average molecular weight is 353 g/mol. The average Bonchev–Trinajstić information content (AvgIpc) is 3.13. The zero-order chi connectivity index (χ0) is 16.1. The molecule has 1 aliphatic heterocycles. The summed E-state index contributed by atoms with van der Waals surface area (Å²) in [6.07, 6.45) is 0.791. The molecule has 0 radical (unpaired) electrons. The van der Waals surface area contributed by atoms with E-state index >= 15 is 0 Å². The molecule has 0 N–H and O–H groups in total. The van der Waals surface area contributed by atoms with Crippen LogP contribution in [0.4, 0.5) is 0 Å². The van der Waals surface area contributed by atoms with E-state index in [9.17, 15) is 9.59 Å². The van der Waals surface area contributed by atoms with E-state index in [1.54, 1.807) is 18.7 Å². The Morgan fingerprint density at radius 3 is 2.78 bits per heavy atom. The number of carbonyl (C=O) groups is 2. The predicted molar refractivity (Wildman–Crippen MR) is 86.2 cm³/mol. The van der Waals surface area contributed by atoms with E-state index in [-0.39, 0.29) is 47.0 Å². The first-order valence-electron chi connectivity index (χ1n) is 7.89. The molecule has 6 heteroatoms. The Balaban J connectivity index is 1.60. The number of carbonyl (C=O) groups excluding carboxylic acids is 2. The Morgan fingerprint density at radius 1 is 1.35 bits per heavy atom. The van der Waals surface area contributed by atoms with Crippen LogP contribution >= 0.6 is 23.4 Å². The van der Waals surface area contributed by atoms with Crippen molar-refractivity contribution in [2.75, 3.05) is 6.61 Å². The molecule has 0 amide bonds. The van der Waals surface area contributed by atoms with Crippen molar-refractivity contribution < 1.29 is 19.1 Å². The minimum absolute atomic E-state index is 0.0798. The van der Waals surface area contributed by atoms with Gasteiger partial charge in [0.05, 0.1) is 23.7 Å². The maximum Gasteiger partial charge on any atom is 0.310 e. The maximum atomic E-state index is 12.4. The molecular weight excluding hydrogens is 336 g/mol. The topological polar surface area (TPSA) is 52.6 Å². The van der Waals surface area contributed by atoms with E-state index in [0.717, 1.165) is 11.3 Å². The summed E-state index contributed by atoms with van der Waals surface area (Å²) < 4.78 is 10.8. The molecule has 0 unspecified atom stereocenters. The van der Waals surface area contributed by atoms with Crippen LogP contribution in [0.3, 0.4) is 0 Å². The fourth-order valence-corrected chi connectivity index (χ4v) is 5.96. The first kappa shape index (κ1) is 15.3. The van der Waals surface area contributed by atoms with E-state index in [0.29, 0.717) is 11.6 Å². The normalized spacial score (nSPS) is 37.0. The molecule has 6 atom stereocenters. The molecule has 1 aromatic carbocycles. The van der Waals surface area contributed by atoms with E-state index in [2.05, 4.69) is 0 Å². The summed E-state index contributed by atoms with van der Waals surface area (Å²) in [4.78, 5) is 25.6. The van der Waals surface area contributed by atoms with E-state index in [1.165, 1.54) is 0 Å².